The van der Waals surface area contributed by atoms with E-state index < -0.39 is 5.79 Å². The molecule has 0 bridgehead atoms. The molecular weight excluding hydrogens is 330 g/mol. The monoisotopic (exact) mass is 359 g/mol. The first kappa shape index (κ1) is 17.7. The maximum absolute atomic E-state index is 12.8. The molecule has 1 aromatic heterocycles. The number of carbonyl (C=O) groups is 1. The van der Waals surface area contributed by atoms with Gasteiger partial charge in [0.25, 0.3) is 5.91 Å². The Labute approximate surface area is 155 Å². The zero-order valence-electron chi connectivity index (χ0n) is 15.7. The molecule has 3 saturated heterocycles. The quantitative estimate of drug-likeness (QED) is 0.831. The normalized spacial score (nSPS) is 25.7. The molecule has 0 N–H and O–H groups in total. The summed E-state index contributed by atoms with van der Waals surface area (Å²) in [6.45, 7) is 5.97. The van der Waals surface area contributed by atoms with E-state index in [9.17, 15) is 4.79 Å². The van der Waals surface area contributed by atoms with Crippen molar-refractivity contribution >= 4 is 11.7 Å². The minimum absolute atomic E-state index is 0.0579. The van der Waals surface area contributed by atoms with Crippen molar-refractivity contribution < 1.29 is 14.3 Å². The molecule has 0 saturated carbocycles. The largest absolute Gasteiger partial charge is 0.354 e. The van der Waals surface area contributed by atoms with Crippen LogP contribution in [0, 0.1) is 0 Å². The summed E-state index contributed by atoms with van der Waals surface area (Å²) in [4.78, 5) is 21.7. The average molecular weight is 359 g/mol. The van der Waals surface area contributed by atoms with E-state index in [1.807, 2.05) is 17.0 Å². The number of piperidine rings is 2. The fraction of sp³-hybridized carbons (Fsp3) is 0.700. The Morgan fingerprint density at radius 3 is 2.62 bits per heavy atom. The number of rotatable bonds is 3. The van der Waals surface area contributed by atoms with Crippen LogP contribution in [0.5, 0.6) is 0 Å². The summed E-state index contributed by atoms with van der Waals surface area (Å²) >= 11 is 0. The predicted octanol–water partition coefficient (Wildman–Crippen LogP) is 2.83. The minimum Gasteiger partial charge on any atom is -0.354 e. The van der Waals surface area contributed by atoms with Crippen LogP contribution in [-0.4, -0.2) is 60.5 Å². The standard InChI is InChI=1S/C20H29N3O3/c1-2-17-5-3-4-10-23(17)18-7-6-16(15-21-18)19(24)22-11-8-20(9-12-22)25-13-14-26-20/h6-7,15,17H,2-5,8-14H2,1H3. The highest BCUT2D eigenvalue weighted by Crippen LogP contribution is 2.32. The number of ether oxygens (including phenoxy) is 2. The van der Waals surface area contributed by atoms with Crippen molar-refractivity contribution in [1.82, 2.24) is 9.88 Å². The van der Waals surface area contributed by atoms with Crippen LogP contribution in [0.15, 0.2) is 18.3 Å². The highest BCUT2D eigenvalue weighted by Gasteiger charge is 2.40. The lowest BCUT2D eigenvalue weighted by Gasteiger charge is -2.37. The number of hydrogen-bond donors (Lipinski definition) is 0. The van der Waals surface area contributed by atoms with Gasteiger partial charge < -0.3 is 19.3 Å². The average Bonchev–Trinajstić information content (AvgIpc) is 3.16. The van der Waals surface area contributed by atoms with Gasteiger partial charge in [-0.2, -0.15) is 0 Å². The second-order valence-electron chi connectivity index (χ2n) is 7.56. The number of hydrogen-bond acceptors (Lipinski definition) is 5. The van der Waals surface area contributed by atoms with Gasteiger partial charge in [-0.25, -0.2) is 4.98 Å². The second kappa shape index (κ2) is 7.53. The SMILES string of the molecule is CCC1CCCCN1c1ccc(C(=O)N2CCC3(CC2)OCCO3)cn1. The Balaban J connectivity index is 1.39. The molecule has 0 aliphatic carbocycles. The Kier molecular flexibility index (Phi) is 5.14. The first-order valence-electron chi connectivity index (χ1n) is 10.0. The van der Waals surface area contributed by atoms with Gasteiger partial charge in [-0.15, -0.1) is 0 Å². The van der Waals surface area contributed by atoms with Crippen LogP contribution in [0.2, 0.25) is 0 Å². The molecule has 4 rings (SSSR count). The summed E-state index contributed by atoms with van der Waals surface area (Å²) < 4.78 is 11.5. The first-order valence-corrected chi connectivity index (χ1v) is 10.0. The van der Waals surface area contributed by atoms with Gasteiger partial charge in [0.15, 0.2) is 5.79 Å². The number of pyridine rings is 1. The van der Waals surface area contributed by atoms with Gasteiger partial charge in [-0.05, 0) is 37.8 Å². The summed E-state index contributed by atoms with van der Waals surface area (Å²) in [5, 5.41) is 0. The molecule has 0 aromatic carbocycles. The van der Waals surface area contributed by atoms with Crippen LogP contribution in [-0.2, 0) is 9.47 Å². The lowest BCUT2D eigenvalue weighted by atomic mass is 10.00. The molecule has 26 heavy (non-hydrogen) atoms. The Morgan fingerprint density at radius 2 is 1.96 bits per heavy atom. The summed E-state index contributed by atoms with van der Waals surface area (Å²) in [7, 11) is 0. The van der Waals surface area contributed by atoms with E-state index in [1.165, 1.54) is 19.3 Å². The minimum atomic E-state index is -0.442. The Hall–Kier alpha value is -1.66. The van der Waals surface area contributed by atoms with Gasteiger partial charge in [-0.3, -0.25) is 4.79 Å². The summed E-state index contributed by atoms with van der Waals surface area (Å²) in [5.74, 6) is 0.614. The fourth-order valence-corrected chi connectivity index (χ4v) is 4.43. The number of anilines is 1. The van der Waals surface area contributed by atoms with E-state index in [4.69, 9.17) is 9.47 Å². The van der Waals surface area contributed by atoms with E-state index in [-0.39, 0.29) is 5.91 Å². The molecule has 1 atom stereocenters. The van der Waals surface area contributed by atoms with Gasteiger partial charge in [0.05, 0.1) is 18.8 Å². The molecule has 6 nitrogen and oxygen atoms in total. The molecule has 3 fully saturated rings. The predicted molar refractivity (Wildman–Crippen MR) is 99.3 cm³/mol. The molecule has 1 spiro atoms. The molecule has 3 aliphatic rings. The number of carbonyl (C=O) groups excluding carboxylic acids is 1. The molecule has 142 valence electrons. The van der Waals surface area contributed by atoms with Gasteiger partial charge in [0.2, 0.25) is 0 Å². The fourth-order valence-electron chi connectivity index (χ4n) is 4.43. The first-order chi connectivity index (χ1) is 12.7. The third-order valence-electron chi connectivity index (χ3n) is 6.01. The van der Waals surface area contributed by atoms with Crippen LogP contribution < -0.4 is 4.90 Å². The topological polar surface area (TPSA) is 54.9 Å². The third-order valence-corrected chi connectivity index (χ3v) is 6.01. The molecule has 1 amide bonds. The number of nitrogens with zero attached hydrogens (tertiary/aromatic N) is 3. The number of amides is 1. The second-order valence-corrected chi connectivity index (χ2v) is 7.56. The van der Waals surface area contributed by atoms with Crippen molar-refractivity contribution in [2.24, 2.45) is 0 Å². The lowest BCUT2D eigenvalue weighted by Crippen LogP contribution is -2.47. The molecule has 4 heterocycles. The van der Waals surface area contributed by atoms with Crippen molar-refractivity contribution in [3.8, 4) is 0 Å². The third kappa shape index (κ3) is 3.45. The molecule has 1 unspecified atom stereocenters. The zero-order chi connectivity index (χ0) is 18.0. The van der Waals surface area contributed by atoms with E-state index in [1.54, 1.807) is 6.20 Å². The van der Waals surface area contributed by atoms with Crippen molar-refractivity contribution in [2.45, 2.75) is 57.3 Å². The van der Waals surface area contributed by atoms with E-state index >= 15 is 0 Å². The van der Waals surface area contributed by atoms with Gasteiger partial charge in [0, 0.05) is 44.7 Å². The van der Waals surface area contributed by atoms with Crippen LogP contribution in [0.4, 0.5) is 5.82 Å². The van der Waals surface area contributed by atoms with E-state index in [0.717, 1.165) is 31.6 Å². The van der Waals surface area contributed by atoms with Crippen molar-refractivity contribution in [1.29, 1.82) is 0 Å². The van der Waals surface area contributed by atoms with Crippen molar-refractivity contribution in [3.05, 3.63) is 23.9 Å². The van der Waals surface area contributed by atoms with E-state index in [2.05, 4.69) is 16.8 Å². The van der Waals surface area contributed by atoms with Crippen molar-refractivity contribution in [3.63, 3.8) is 0 Å². The van der Waals surface area contributed by atoms with Crippen LogP contribution in [0.3, 0.4) is 0 Å². The summed E-state index contributed by atoms with van der Waals surface area (Å²) in [6.07, 6.45) is 8.13. The molecule has 6 heteroatoms. The highest BCUT2D eigenvalue weighted by atomic mass is 16.7. The number of likely N-dealkylation sites (tertiary alicyclic amines) is 1. The summed E-state index contributed by atoms with van der Waals surface area (Å²) in [5.41, 5.74) is 0.669. The highest BCUT2D eigenvalue weighted by molar-refractivity contribution is 5.94. The Morgan fingerprint density at radius 1 is 1.19 bits per heavy atom. The Bertz CT molecular complexity index is 618. The van der Waals surface area contributed by atoms with Crippen LogP contribution in [0.1, 0.15) is 55.8 Å². The van der Waals surface area contributed by atoms with Gasteiger partial charge in [-0.1, -0.05) is 6.92 Å². The van der Waals surface area contributed by atoms with Crippen molar-refractivity contribution in [2.75, 3.05) is 37.7 Å². The lowest BCUT2D eigenvalue weighted by molar-refractivity contribution is -0.181. The molecule has 0 radical (unpaired) electrons. The van der Waals surface area contributed by atoms with E-state index in [0.29, 0.717) is 37.9 Å². The number of aromatic nitrogens is 1. The zero-order valence-corrected chi connectivity index (χ0v) is 15.7. The van der Waals surface area contributed by atoms with Gasteiger partial charge >= 0.3 is 0 Å². The molecular formula is C20H29N3O3. The van der Waals surface area contributed by atoms with Crippen LogP contribution >= 0.6 is 0 Å². The van der Waals surface area contributed by atoms with Gasteiger partial charge in [0.1, 0.15) is 5.82 Å². The molecule has 1 aromatic rings. The maximum atomic E-state index is 12.8. The molecule has 3 aliphatic heterocycles. The smallest absolute Gasteiger partial charge is 0.255 e. The van der Waals surface area contributed by atoms with Crippen LogP contribution in [0.25, 0.3) is 0 Å². The maximum Gasteiger partial charge on any atom is 0.255 e. The summed E-state index contributed by atoms with van der Waals surface area (Å²) in [6, 6.07) is 4.51.